The summed E-state index contributed by atoms with van der Waals surface area (Å²) in [5.41, 5.74) is 3.17. The van der Waals surface area contributed by atoms with Gasteiger partial charge in [-0.2, -0.15) is 0 Å². The minimum Gasteiger partial charge on any atom is -0.459 e. The van der Waals surface area contributed by atoms with Crippen molar-refractivity contribution in [1.82, 2.24) is 15.3 Å². The third kappa shape index (κ3) is 4.31. The normalized spacial score (nSPS) is 10.8. The van der Waals surface area contributed by atoms with Crippen LogP contribution in [0.2, 0.25) is 0 Å². The van der Waals surface area contributed by atoms with E-state index in [1.807, 2.05) is 43.5 Å². The average Bonchev–Trinajstić information content (AvgIpc) is 2.45. The first kappa shape index (κ1) is 14.5. The predicted octanol–water partition coefficient (Wildman–Crippen LogP) is 2.86. The zero-order valence-electron chi connectivity index (χ0n) is 12.3. The summed E-state index contributed by atoms with van der Waals surface area (Å²) in [5.74, 6) is 0. The molecule has 4 heteroatoms. The summed E-state index contributed by atoms with van der Waals surface area (Å²) in [6, 6.07) is 10.9. The second kappa shape index (κ2) is 7.01. The van der Waals surface area contributed by atoms with Crippen LogP contribution >= 0.6 is 0 Å². The molecule has 0 fully saturated rings. The maximum atomic E-state index is 5.61. The van der Waals surface area contributed by atoms with Gasteiger partial charge in [-0.1, -0.05) is 44.2 Å². The van der Waals surface area contributed by atoms with Crippen LogP contribution in [0, 0.1) is 6.92 Å². The molecule has 1 heterocycles. The van der Waals surface area contributed by atoms with Gasteiger partial charge in [0.05, 0.1) is 0 Å². The second-order valence-corrected chi connectivity index (χ2v) is 5.07. The van der Waals surface area contributed by atoms with Crippen LogP contribution < -0.4 is 10.1 Å². The van der Waals surface area contributed by atoms with Gasteiger partial charge < -0.3 is 10.1 Å². The summed E-state index contributed by atoms with van der Waals surface area (Å²) < 4.78 is 5.61. The number of hydrogen-bond donors (Lipinski definition) is 1. The van der Waals surface area contributed by atoms with Gasteiger partial charge in [0.25, 0.3) is 0 Å². The van der Waals surface area contributed by atoms with Gasteiger partial charge in [0.2, 0.25) is 0 Å². The number of benzene rings is 1. The number of rotatable bonds is 6. The summed E-state index contributed by atoms with van der Waals surface area (Å²) in [4.78, 5) is 8.65. The van der Waals surface area contributed by atoms with Gasteiger partial charge in [0.1, 0.15) is 6.61 Å². The van der Waals surface area contributed by atoms with Crippen LogP contribution in [0.4, 0.5) is 0 Å². The van der Waals surface area contributed by atoms with E-state index < -0.39 is 0 Å². The summed E-state index contributed by atoms with van der Waals surface area (Å²) in [6.07, 6.45) is 1.83. The minimum absolute atomic E-state index is 0.430. The number of aromatic nitrogens is 2. The van der Waals surface area contributed by atoms with Crippen molar-refractivity contribution in [2.45, 2.75) is 40.0 Å². The summed E-state index contributed by atoms with van der Waals surface area (Å²) in [7, 11) is 0. The molecule has 1 N–H and O–H groups in total. The highest BCUT2D eigenvalue weighted by molar-refractivity contribution is 5.18. The van der Waals surface area contributed by atoms with Crippen LogP contribution in [0.5, 0.6) is 6.01 Å². The van der Waals surface area contributed by atoms with Crippen LogP contribution in [0.25, 0.3) is 0 Å². The molecule has 0 radical (unpaired) electrons. The third-order valence-electron chi connectivity index (χ3n) is 2.97. The fourth-order valence-corrected chi connectivity index (χ4v) is 1.75. The van der Waals surface area contributed by atoms with Crippen molar-refractivity contribution in [3.05, 3.63) is 53.3 Å². The van der Waals surface area contributed by atoms with Crippen molar-refractivity contribution in [2.75, 3.05) is 0 Å². The van der Waals surface area contributed by atoms with Gasteiger partial charge in [-0.25, -0.2) is 9.97 Å². The molecule has 106 valence electrons. The number of nitrogens with zero attached hydrogens (tertiary/aromatic N) is 2. The van der Waals surface area contributed by atoms with Gasteiger partial charge in [-0.15, -0.1) is 0 Å². The smallest absolute Gasteiger partial charge is 0.316 e. The van der Waals surface area contributed by atoms with Crippen LogP contribution in [-0.4, -0.2) is 16.0 Å². The van der Waals surface area contributed by atoms with Gasteiger partial charge in [0.15, 0.2) is 0 Å². The van der Waals surface area contributed by atoms with E-state index in [2.05, 4.69) is 29.1 Å². The zero-order chi connectivity index (χ0) is 14.4. The maximum absolute atomic E-state index is 5.61. The number of hydrogen-bond acceptors (Lipinski definition) is 4. The Labute approximate surface area is 120 Å². The van der Waals surface area contributed by atoms with E-state index in [4.69, 9.17) is 4.74 Å². The highest BCUT2D eigenvalue weighted by Crippen LogP contribution is 2.10. The van der Waals surface area contributed by atoms with Gasteiger partial charge in [-0.3, -0.25) is 0 Å². The lowest BCUT2D eigenvalue weighted by Crippen LogP contribution is -2.22. The lowest BCUT2D eigenvalue weighted by atomic mass is 10.2. The van der Waals surface area contributed by atoms with Crippen molar-refractivity contribution in [3.8, 4) is 6.01 Å². The first-order valence-corrected chi connectivity index (χ1v) is 6.88. The molecule has 0 amide bonds. The van der Waals surface area contributed by atoms with Crippen molar-refractivity contribution >= 4 is 0 Å². The molecule has 4 nitrogen and oxygen atoms in total. The number of aryl methyl sites for hydroxylation is 1. The molecule has 2 rings (SSSR count). The van der Waals surface area contributed by atoms with E-state index in [0.29, 0.717) is 18.7 Å². The van der Waals surface area contributed by atoms with Crippen molar-refractivity contribution in [2.24, 2.45) is 0 Å². The molecule has 1 aromatic carbocycles. The third-order valence-corrected chi connectivity index (χ3v) is 2.97. The molecule has 0 unspecified atom stereocenters. The molecule has 0 saturated heterocycles. The number of ether oxygens (including phenoxy) is 1. The van der Waals surface area contributed by atoms with E-state index in [1.165, 1.54) is 0 Å². The average molecular weight is 271 g/mol. The highest BCUT2D eigenvalue weighted by atomic mass is 16.5. The fourth-order valence-electron chi connectivity index (χ4n) is 1.75. The Hall–Kier alpha value is -1.94. The van der Waals surface area contributed by atoms with Crippen LogP contribution in [0.1, 0.15) is 30.7 Å². The highest BCUT2D eigenvalue weighted by Gasteiger charge is 2.05. The molecule has 0 aliphatic carbocycles. The zero-order valence-corrected chi connectivity index (χ0v) is 12.3. The van der Waals surface area contributed by atoms with E-state index in [9.17, 15) is 0 Å². The van der Waals surface area contributed by atoms with Gasteiger partial charge in [0, 0.05) is 30.0 Å². The topological polar surface area (TPSA) is 47.0 Å². The lowest BCUT2D eigenvalue weighted by Gasteiger charge is -2.11. The van der Waals surface area contributed by atoms with Crippen LogP contribution in [0.15, 0.2) is 36.5 Å². The Morgan fingerprint density at radius 2 is 1.95 bits per heavy atom. The van der Waals surface area contributed by atoms with Crippen LogP contribution in [-0.2, 0) is 13.2 Å². The quantitative estimate of drug-likeness (QED) is 0.877. The standard InChI is InChI=1S/C16H21N3O/c1-12(2)17-9-15-10-18-16(19-13(15)3)20-11-14-7-5-4-6-8-14/h4-8,10,12,17H,9,11H2,1-3H3. The molecule has 0 spiro atoms. The summed E-state index contributed by atoms with van der Waals surface area (Å²) in [5, 5.41) is 3.36. The lowest BCUT2D eigenvalue weighted by molar-refractivity contribution is 0.279. The first-order chi connectivity index (χ1) is 9.65. The monoisotopic (exact) mass is 271 g/mol. The number of nitrogens with one attached hydrogen (secondary N) is 1. The SMILES string of the molecule is Cc1nc(OCc2ccccc2)ncc1CNC(C)C. The van der Waals surface area contributed by atoms with E-state index >= 15 is 0 Å². The molecule has 0 bridgehead atoms. The summed E-state index contributed by atoms with van der Waals surface area (Å²) in [6.45, 7) is 7.49. The van der Waals surface area contributed by atoms with Crippen molar-refractivity contribution in [1.29, 1.82) is 0 Å². The van der Waals surface area contributed by atoms with E-state index in [-0.39, 0.29) is 0 Å². The maximum Gasteiger partial charge on any atom is 0.316 e. The molecule has 2 aromatic rings. The van der Waals surface area contributed by atoms with Crippen molar-refractivity contribution < 1.29 is 4.74 Å². The van der Waals surface area contributed by atoms with Gasteiger partial charge >= 0.3 is 6.01 Å². The molecular formula is C16H21N3O. The predicted molar refractivity (Wildman–Crippen MR) is 79.5 cm³/mol. The molecule has 1 aromatic heterocycles. The largest absolute Gasteiger partial charge is 0.459 e. The van der Waals surface area contributed by atoms with Crippen LogP contribution in [0.3, 0.4) is 0 Å². The molecular weight excluding hydrogens is 250 g/mol. The Bertz CT molecular complexity index is 541. The first-order valence-electron chi connectivity index (χ1n) is 6.88. The Balaban J connectivity index is 1.95. The Morgan fingerprint density at radius 3 is 2.60 bits per heavy atom. The Morgan fingerprint density at radius 1 is 1.20 bits per heavy atom. The van der Waals surface area contributed by atoms with E-state index in [1.54, 1.807) is 0 Å². The second-order valence-electron chi connectivity index (χ2n) is 5.07. The minimum atomic E-state index is 0.430. The van der Waals surface area contributed by atoms with Crippen molar-refractivity contribution in [3.63, 3.8) is 0 Å². The molecule has 0 aliphatic rings. The molecule has 20 heavy (non-hydrogen) atoms. The van der Waals surface area contributed by atoms with Gasteiger partial charge in [-0.05, 0) is 12.5 Å². The Kier molecular flexibility index (Phi) is 5.07. The fraction of sp³-hybridized carbons (Fsp3) is 0.375. The molecule has 0 atom stereocenters. The molecule has 0 aliphatic heterocycles. The molecule has 0 saturated carbocycles. The van der Waals surface area contributed by atoms with E-state index in [0.717, 1.165) is 23.4 Å². The summed E-state index contributed by atoms with van der Waals surface area (Å²) >= 11 is 0.